The molecule has 2 N–H and O–H groups in total. The van der Waals surface area contributed by atoms with Crippen molar-refractivity contribution in [1.29, 1.82) is 0 Å². The molecule has 0 aromatic heterocycles. The largest absolute Gasteiger partial charge is 0.326 e. The zero-order chi connectivity index (χ0) is 12.6. The summed E-state index contributed by atoms with van der Waals surface area (Å²) >= 11 is 0. The summed E-state index contributed by atoms with van der Waals surface area (Å²) in [4.78, 5) is 14.1. The summed E-state index contributed by atoms with van der Waals surface area (Å²) in [7, 11) is 0. The molecule has 1 fully saturated rings. The molecule has 1 aliphatic rings. The van der Waals surface area contributed by atoms with E-state index in [1.165, 1.54) is 0 Å². The molecule has 0 atom stereocenters. The van der Waals surface area contributed by atoms with Gasteiger partial charge in [0.25, 0.3) is 0 Å². The van der Waals surface area contributed by atoms with Crippen LogP contribution in [0.3, 0.4) is 0 Å². The molecule has 98 valence electrons. The lowest BCUT2D eigenvalue weighted by atomic mass is 10.2. The van der Waals surface area contributed by atoms with Crippen molar-refractivity contribution in [3.8, 4) is 0 Å². The minimum atomic E-state index is 0.108. The number of para-hydroxylation sites is 1. The molecule has 1 amide bonds. The van der Waals surface area contributed by atoms with E-state index < -0.39 is 0 Å². The third kappa shape index (κ3) is 4.47. The zero-order valence-corrected chi connectivity index (χ0v) is 10.7. The summed E-state index contributed by atoms with van der Waals surface area (Å²) < 4.78 is 0. The smallest absolute Gasteiger partial charge is 0.224 e. The fraction of sp³-hybridized carbons (Fsp3) is 0.500. The van der Waals surface area contributed by atoms with Gasteiger partial charge in [-0.25, -0.2) is 0 Å². The van der Waals surface area contributed by atoms with Crippen LogP contribution in [0, 0.1) is 0 Å². The Bertz CT molecular complexity index is 361. The van der Waals surface area contributed by atoms with Crippen LogP contribution < -0.4 is 10.6 Å². The Morgan fingerprint density at radius 2 is 1.94 bits per heavy atom. The number of hydrogen-bond donors (Lipinski definition) is 2. The van der Waals surface area contributed by atoms with Gasteiger partial charge in [-0.15, -0.1) is 0 Å². The van der Waals surface area contributed by atoms with Crippen molar-refractivity contribution >= 4 is 11.6 Å². The Labute approximate surface area is 108 Å². The van der Waals surface area contributed by atoms with Crippen molar-refractivity contribution in [2.75, 3.05) is 38.0 Å². The second-order valence-electron chi connectivity index (χ2n) is 4.61. The van der Waals surface area contributed by atoms with E-state index in [0.717, 1.165) is 44.8 Å². The number of carbonyl (C=O) groups is 1. The molecular weight excluding hydrogens is 226 g/mol. The maximum absolute atomic E-state index is 11.7. The minimum Gasteiger partial charge on any atom is -0.326 e. The lowest BCUT2D eigenvalue weighted by molar-refractivity contribution is -0.116. The van der Waals surface area contributed by atoms with Crippen molar-refractivity contribution in [2.24, 2.45) is 0 Å². The number of rotatable bonds is 5. The van der Waals surface area contributed by atoms with Gasteiger partial charge in [0.2, 0.25) is 5.91 Å². The molecule has 4 nitrogen and oxygen atoms in total. The van der Waals surface area contributed by atoms with E-state index in [1.807, 2.05) is 30.3 Å². The number of hydrogen-bond acceptors (Lipinski definition) is 3. The molecule has 0 radical (unpaired) electrons. The summed E-state index contributed by atoms with van der Waals surface area (Å²) in [5.41, 5.74) is 0.879. The summed E-state index contributed by atoms with van der Waals surface area (Å²) in [5, 5.41) is 6.24. The van der Waals surface area contributed by atoms with Crippen molar-refractivity contribution in [3.05, 3.63) is 30.3 Å². The zero-order valence-electron chi connectivity index (χ0n) is 10.7. The van der Waals surface area contributed by atoms with E-state index in [2.05, 4.69) is 15.5 Å². The predicted octanol–water partition coefficient (Wildman–Crippen LogP) is 1.31. The lowest BCUT2D eigenvalue weighted by Crippen LogP contribution is -2.43. The monoisotopic (exact) mass is 247 g/mol. The van der Waals surface area contributed by atoms with Gasteiger partial charge in [0, 0.05) is 38.3 Å². The fourth-order valence-electron chi connectivity index (χ4n) is 2.14. The summed E-state index contributed by atoms with van der Waals surface area (Å²) in [6, 6.07) is 9.62. The highest BCUT2D eigenvalue weighted by molar-refractivity contribution is 5.90. The van der Waals surface area contributed by atoms with E-state index in [0.29, 0.717) is 6.42 Å². The standard InChI is InChI=1S/C14H21N3O/c18-14(16-13-5-2-1-3-6-13)7-4-10-17-11-8-15-9-12-17/h1-3,5-6,15H,4,7-12H2,(H,16,18). The molecule has 1 aromatic carbocycles. The first-order chi connectivity index (χ1) is 8.84. The Balaban J connectivity index is 1.62. The number of nitrogens with one attached hydrogen (secondary N) is 2. The van der Waals surface area contributed by atoms with Gasteiger partial charge in [-0.3, -0.25) is 4.79 Å². The first-order valence-electron chi connectivity index (χ1n) is 6.62. The third-order valence-corrected chi connectivity index (χ3v) is 3.15. The van der Waals surface area contributed by atoms with Crippen LogP contribution in [0.25, 0.3) is 0 Å². The molecule has 1 aliphatic heterocycles. The van der Waals surface area contributed by atoms with Crippen molar-refractivity contribution in [3.63, 3.8) is 0 Å². The van der Waals surface area contributed by atoms with E-state index in [1.54, 1.807) is 0 Å². The average Bonchev–Trinajstić information content (AvgIpc) is 2.41. The van der Waals surface area contributed by atoms with Crippen LogP contribution in [0.15, 0.2) is 30.3 Å². The van der Waals surface area contributed by atoms with Gasteiger partial charge >= 0.3 is 0 Å². The second kappa shape index (κ2) is 7.13. The first-order valence-corrected chi connectivity index (χ1v) is 6.62. The Kier molecular flexibility index (Phi) is 5.17. The first kappa shape index (κ1) is 13.1. The second-order valence-corrected chi connectivity index (χ2v) is 4.61. The van der Waals surface area contributed by atoms with Gasteiger partial charge in [-0.2, -0.15) is 0 Å². The molecule has 2 rings (SSSR count). The normalized spacial score (nSPS) is 16.4. The van der Waals surface area contributed by atoms with Crippen LogP contribution in [-0.2, 0) is 4.79 Å². The number of amides is 1. The molecule has 0 saturated carbocycles. The number of carbonyl (C=O) groups excluding carboxylic acids is 1. The van der Waals surface area contributed by atoms with Crippen LogP contribution in [0.5, 0.6) is 0 Å². The molecule has 0 unspecified atom stereocenters. The van der Waals surface area contributed by atoms with E-state index in [4.69, 9.17) is 0 Å². The maximum atomic E-state index is 11.7. The van der Waals surface area contributed by atoms with Crippen molar-refractivity contribution in [1.82, 2.24) is 10.2 Å². The number of anilines is 1. The van der Waals surface area contributed by atoms with Crippen LogP contribution in [0.4, 0.5) is 5.69 Å². The third-order valence-electron chi connectivity index (χ3n) is 3.15. The fourth-order valence-corrected chi connectivity index (χ4v) is 2.14. The lowest BCUT2D eigenvalue weighted by Gasteiger charge is -2.26. The van der Waals surface area contributed by atoms with Gasteiger partial charge in [0.15, 0.2) is 0 Å². The Morgan fingerprint density at radius 1 is 1.22 bits per heavy atom. The van der Waals surface area contributed by atoms with Crippen LogP contribution in [0.2, 0.25) is 0 Å². The molecule has 18 heavy (non-hydrogen) atoms. The van der Waals surface area contributed by atoms with E-state index in [-0.39, 0.29) is 5.91 Å². The molecule has 1 aromatic rings. The maximum Gasteiger partial charge on any atom is 0.224 e. The summed E-state index contributed by atoms with van der Waals surface area (Å²) in [5.74, 6) is 0.108. The highest BCUT2D eigenvalue weighted by Crippen LogP contribution is 2.06. The molecule has 0 aliphatic carbocycles. The minimum absolute atomic E-state index is 0.108. The predicted molar refractivity (Wildman–Crippen MR) is 73.6 cm³/mol. The van der Waals surface area contributed by atoms with Gasteiger partial charge in [0.1, 0.15) is 0 Å². The van der Waals surface area contributed by atoms with E-state index >= 15 is 0 Å². The van der Waals surface area contributed by atoms with Gasteiger partial charge in [-0.1, -0.05) is 18.2 Å². The van der Waals surface area contributed by atoms with Crippen LogP contribution >= 0.6 is 0 Å². The van der Waals surface area contributed by atoms with Gasteiger partial charge in [-0.05, 0) is 25.1 Å². The number of benzene rings is 1. The average molecular weight is 247 g/mol. The Hall–Kier alpha value is -1.39. The van der Waals surface area contributed by atoms with Crippen LogP contribution in [0.1, 0.15) is 12.8 Å². The van der Waals surface area contributed by atoms with Gasteiger partial charge < -0.3 is 15.5 Å². The van der Waals surface area contributed by atoms with E-state index in [9.17, 15) is 4.79 Å². The number of nitrogens with zero attached hydrogens (tertiary/aromatic N) is 1. The number of piperazine rings is 1. The quantitative estimate of drug-likeness (QED) is 0.824. The summed E-state index contributed by atoms with van der Waals surface area (Å²) in [6.07, 6.45) is 1.53. The molecule has 0 spiro atoms. The van der Waals surface area contributed by atoms with Gasteiger partial charge in [0.05, 0.1) is 0 Å². The molecule has 1 saturated heterocycles. The topological polar surface area (TPSA) is 44.4 Å². The SMILES string of the molecule is O=C(CCCN1CCNCC1)Nc1ccccc1. The summed E-state index contributed by atoms with van der Waals surface area (Å²) in [6.45, 7) is 5.34. The molecule has 4 heteroatoms. The molecular formula is C14H21N3O. The highest BCUT2D eigenvalue weighted by atomic mass is 16.1. The molecule has 1 heterocycles. The molecule has 0 bridgehead atoms. The van der Waals surface area contributed by atoms with Crippen molar-refractivity contribution < 1.29 is 4.79 Å². The van der Waals surface area contributed by atoms with Crippen molar-refractivity contribution in [2.45, 2.75) is 12.8 Å². The highest BCUT2D eigenvalue weighted by Gasteiger charge is 2.09. The van der Waals surface area contributed by atoms with Crippen LogP contribution in [-0.4, -0.2) is 43.5 Å². The Morgan fingerprint density at radius 3 is 2.67 bits per heavy atom.